The summed E-state index contributed by atoms with van der Waals surface area (Å²) in [5, 5.41) is 9.19. The van der Waals surface area contributed by atoms with Crippen molar-refractivity contribution in [1.82, 2.24) is 24.6 Å². The molecule has 4 rings (SSSR count). The average Bonchev–Trinajstić information content (AvgIpc) is 3.13. The van der Waals surface area contributed by atoms with Gasteiger partial charge in [0, 0.05) is 11.1 Å². The molecule has 0 spiro atoms. The molecule has 0 atom stereocenters. The molecule has 4 aromatic rings. The van der Waals surface area contributed by atoms with Crippen LogP contribution in [0.3, 0.4) is 0 Å². The summed E-state index contributed by atoms with van der Waals surface area (Å²) in [6, 6.07) is 0. The number of hydrogen-bond donors (Lipinski definition) is 0. The molecule has 8 heteroatoms. The van der Waals surface area contributed by atoms with Crippen LogP contribution in [0.4, 0.5) is 0 Å². The highest BCUT2D eigenvalue weighted by Gasteiger charge is 2.21. The lowest BCUT2D eigenvalue weighted by atomic mass is 10.1. The molecule has 0 unspecified atom stereocenters. The van der Waals surface area contributed by atoms with Crippen molar-refractivity contribution in [3.8, 4) is 0 Å². The van der Waals surface area contributed by atoms with E-state index in [0.717, 1.165) is 31.7 Å². The zero-order chi connectivity index (χ0) is 17.0. The fraction of sp³-hybridized carbons (Fsp3) is 0.312. The van der Waals surface area contributed by atoms with E-state index in [0.29, 0.717) is 5.65 Å². The van der Waals surface area contributed by atoms with E-state index in [9.17, 15) is 4.79 Å². The van der Waals surface area contributed by atoms with Gasteiger partial charge in [0.1, 0.15) is 15.9 Å². The maximum Gasteiger partial charge on any atom is 0.376 e. The van der Waals surface area contributed by atoms with Gasteiger partial charge in [0.15, 0.2) is 5.65 Å². The van der Waals surface area contributed by atoms with Crippen molar-refractivity contribution in [3.63, 3.8) is 0 Å². The molecule has 0 aliphatic rings. The number of esters is 1. The van der Waals surface area contributed by atoms with Gasteiger partial charge in [-0.3, -0.25) is 4.40 Å². The Bertz CT molecular complexity index is 1130. The van der Waals surface area contributed by atoms with E-state index in [2.05, 4.69) is 34.0 Å². The number of fused-ring (bicyclic) bond motifs is 5. The summed E-state index contributed by atoms with van der Waals surface area (Å²) >= 11 is 1.52. The van der Waals surface area contributed by atoms with Crippen LogP contribution in [-0.2, 0) is 4.74 Å². The predicted molar refractivity (Wildman–Crippen MR) is 91.6 cm³/mol. The highest BCUT2D eigenvalue weighted by atomic mass is 32.1. The van der Waals surface area contributed by atoms with E-state index in [4.69, 9.17) is 4.74 Å². The van der Waals surface area contributed by atoms with Crippen LogP contribution >= 0.6 is 11.3 Å². The summed E-state index contributed by atoms with van der Waals surface area (Å²) in [6.45, 7) is 8.19. The smallest absolute Gasteiger partial charge is 0.376 e. The molecule has 0 saturated carbocycles. The van der Waals surface area contributed by atoms with Gasteiger partial charge in [-0.05, 0) is 38.8 Å². The van der Waals surface area contributed by atoms with Crippen molar-refractivity contribution >= 4 is 43.4 Å². The van der Waals surface area contributed by atoms with Crippen LogP contribution < -0.4 is 0 Å². The summed E-state index contributed by atoms with van der Waals surface area (Å²) in [5.41, 5.74) is 4.79. The number of thiophene rings is 1. The van der Waals surface area contributed by atoms with Crippen LogP contribution in [0.1, 0.15) is 34.4 Å². The van der Waals surface area contributed by atoms with Gasteiger partial charge in [-0.25, -0.2) is 14.8 Å². The fourth-order valence-electron chi connectivity index (χ4n) is 2.80. The first-order valence-electron chi connectivity index (χ1n) is 7.59. The zero-order valence-electron chi connectivity index (χ0n) is 13.7. The summed E-state index contributed by atoms with van der Waals surface area (Å²) in [7, 11) is 0. The summed E-state index contributed by atoms with van der Waals surface area (Å²) in [4.78, 5) is 22.1. The van der Waals surface area contributed by atoms with E-state index >= 15 is 0 Å². The zero-order valence-corrected chi connectivity index (χ0v) is 14.6. The van der Waals surface area contributed by atoms with Gasteiger partial charge in [-0.15, -0.1) is 21.5 Å². The molecule has 0 N–H and O–H groups in total. The van der Waals surface area contributed by atoms with Crippen LogP contribution in [0, 0.1) is 20.8 Å². The third-order valence-corrected chi connectivity index (χ3v) is 5.34. The number of carbonyl (C=O) groups excluding carboxylic acids is 1. The maximum absolute atomic E-state index is 12.0. The van der Waals surface area contributed by atoms with Gasteiger partial charge in [0.2, 0.25) is 5.82 Å². The molecule has 0 radical (unpaired) electrons. The predicted octanol–water partition coefficient (Wildman–Crippen LogP) is 2.99. The summed E-state index contributed by atoms with van der Waals surface area (Å²) in [6.07, 6.45) is 1.57. The minimum absolute atomic E-state index is 0.135. The second-order valence-corrected chi connectivity index (χ2v) is 6.59. The number of pyridine rings is 1. The molecule has 4 heterocycles. The Labute approximate surface area is 141 Å². The Morgan fingerprint density at radius 1 is 1.25 bits per heavy atom. The molecule has 0 aliphatic carbocycles. The Balaban J connectivity index is 2.08. The van der Waals surface area contributed by atoms with Gasteiger partial charge in [0.25, 0.3) is 0 Å². The number of carbonyl (C=O) groups is 1. The minimum Gasteiger partial charge on any atom is -0.460 e. The number of aryl methyl sites for hydroxylation is 2. The highest BCUT2D eigenvalue weighted by Crippen LogP contribution is 2.36. The highest BCUT2D eigenvalue weighted by molar-refractivity contribution is 7.26. The molecule has 0 fully saturated rings. The molecule has 7 nitrogen and oxygen atoms in total. The first-order chi connectivity index (χ1) is 11.5. The molecular formula is C16H15N5O2S. The Kier molecular flexibility index (Phi) is 3.24. The van der Waals surface area contributed by atoms with Crippen molar-refractivity contribution in [2.45, 2.75) is 27.7 Å². The van der Waals surface area contributed by atoms with Crippen LogP contribution in [0.5, 0.6) is 0 Å². The monoisotopic (exact) mass is 341 g/mol. The van der Waals surface area contributed by atoms with Crippen molar-refractivity contribution in [2.24, 2.45) is 0 Å². The summed E-state index contributed by atoms with van der Waals surface area (Å²) in [5.74, 6) is -0.371. The van der Waals surface area contributed by atoms with Crippen LogP contribution in [0.15, 0.2) is 6.33 Å². The first-order valence-corrected chi connectivity index (χ1v) is 8.41. The van der Waals surface area contributed by atoms with E-state index in [1.165, 1.54) is 16.9 Å². The topological polar surface area (TPSA) is 82.3 Å². The molecule has 0 aliphatic heterocycles. The van der Waals surface area contributed by atoms with Crippen molar-refractivity contribution in [3.05, 3.63) is 29.0 Å². The Hall–Kier alpha value is -2.61. The van der Waals surface area contributed by atoms with E-state index in [1.807, 2.05) is 6.92 Å². The largest absolute Gasteiger partial charge is 0.460 e. The van der Waals surface area contributed by atoms with Crippen LogP contribution in [-0.4, -0.2) is 37.1 Å². The fourth-order valence-corrected chi connectivity index (χ4v) is 4.01. The summed E-state index contributed by atoms with van der Waals surface area (Å²) < 4.78 is 7.46. The third-order valence-electron chi connectivity index (χ3n) is 4.27. The lowest BCUT2D eigenvalue weighted by Gasteiger charge is -2.05. The third kappa shape index (κ3) is 1.92. The average molecular weight is 341 g/mol. The van der Waals surface area contributed by atoms with Gasteiger partial charge < -0.3 is 4.74 Å². The quantitative estimate of drug-likeness (QED) is 0.521. The molecule has 24 heavy (non-hydrogen) atoms. The molecule has 0 aromatic carbocycles. The second-order valence-electron chi connectivity index (χ2n) is 5.59. The van der Waals surface area contributed by atoms with Gasteiger partial charge >= 0.3 is 5.97 Å². The lowest BCUT2D eigenvalue weighted by molar-refractivity contribution is 0.0510. The van der Waals surface area contributed by atoms with E-state index in [-0.39, 0.29) is 12.4 Å². The standard InChI is InChI=1S/C16H15N5O2S/c1-5-23-16(22)14-20-19-13-12-11(17-6-21(13)14)10-8(3)7(2)9(4)18-15(10)24-12/h6H,5H2,1-4H3. The number of ether oxygens (including phenoxy) is 1. The van der Waals surface area contributed by atoms with Crippen LogP contribution in [0.2, 0.25) is 0 Å². The molecular weight excluding hydrogens is 326 g/mol. The molecule has 0 saturated heterocycles. The van der Waals surface area contributed by atoms with Crippen LogP contribution in [0.25, 0.3) is 26.1 Å². The maximum atomic E-state index is 12.0. The van der Waals surface area contributed by atoms with Crippen molar-refractivity contribution < 1.29 is 9.53 Å². The van der Waals surface area contributed by atoms with Crippen molar-refractivity contribution in [2.75, 3.05) is 6.61 Å². The Morgan fingerprint density at radius 2 is 2.04 bits per heavy atom. The normalized spacial score (nSPS) is 11.7. The number of aromatic nitrogens is 5. The van der Waals surface area contributed by atoms with E-state index < -0.39 is 5.97 Å². The Morgan fingerprint density at radius 3 is 2.79 bits per heavy atom. The number of rotatable bonds is 2. The molecule has 0 bridgehead atoms. The van der Waals surface area contributed by atoms with Crippen molar-refractivity contribution in [1.29, 1.82) is 0 Å². The minimum atomic E-state index is -0.506. The second kappa shape index (κ2) is 5.20. The van der Waals surface area contributed by atoms with Gasteiger partial charge in [-0.2, -0.15) is 0 Å². The van der Waals surface area contributed by atoms with Gasteiger partial charge in [0.05, 0.1) is 12.1 Å². The number of nitrogens with zero attached hydrogens (tertiary/aromatic N) is 5. The molecule has 0 amide bonds. The SMILES string of the molecule is CCOC(=O)c1nnc2c3sc4nc(C)c(C)c(C)c4c3ncn12. The molecule has 122 valence electrons. The number of hydrogen-bond acceptors (Lipinski definition) is 7. The van der Waals surface area contributed by atoms with E-state index in [1.54, 1.807) is 17.7 Å². The van der Waals surface area contributed by atoms with Gasteiger partial charge in [-0.1, -0.05) is 0 Å². The first kappa shape index (κ1) is 14.9. The molecule has 4 aromatic heterocycles. The lowest BCUT2D eigenvalue weighted by Crippen LogP contribution is -2.09.